The van der Waals surface area contributed by atoms with Crippen LogP contribution in [-0.4, -0.2) is 18.0 Å². The van der Waals surface area contributed by atoms with Gasteiger partial charge in [0.1, 0.15) is 0 Å². The topological polar surface area (TPSA) is 55.1 Å². The van der Waals surface area contributed by atoms with Crippen molar-refractivity contribution < 1.29 is 4.79 Å². The molecule has 0 bridgehead atoms. The van der Waals surface area contributed by atoms with Gasteiger partial charge in [-0.3, -0.25) is 4.79 Å². The number of carbonyl (C=O) groups is 1. The van der Waals surface area contributed by atoms with E-state index in [1.165, 1.54) is 25.7 Å². The SMILES string of the molecule is CC1CCCCC1NC(=O)C1CCC(N)CC1. The molecule has 2 saturated carbocycles. The van der Waals surface area contributed by atoms with Gasteiger partial charge in [0.15, 0.2) is 0 Å². The molecule has 3 N–H and O–H groups in total. The Kier molecular flexibility index (Phi) is 4.43. The number of carbonyl (C=O) groups excluding carboxylic acids is 1. The van der Waals surface area contributed by atoms with Gasteiger partial charge in [-0.15, -0.1) is 0 Å². The number of nitrogens with two attached hydrogens (primary N) is 1. The Hall–Kier alpha value is -0.570. The molecule has 3 heteroatoms. The molecule has 0 aromatic carbocycles. The molecule has 2 unspecified atom stereocenters. The maximum Gasteiger partial charge on any atom is 0.223 e. The van der Waals surface area contributed by atoms with Crippen LogP contribution in [0.3, 0.4) is 0 Å². The van der Waals surface area contributed by atoms with Crippen molar-refractivity contribution in [1.29, 1.82) is 0 Å². The third-order valence-corrected chi connectivity index (χ3v) is 4.58. The van der Waals surface area contributed by atoms with Crippen LogP contribution in [0, 0.1) is 11.8 Å². The Balaban J connectivity index is 1.79. The summed E-state index contributed by atoms with van der Waals surface area (Å²) in [7, 11) is 0. The third kappa shape index (κ3) is 3.44. The highest BCUT2D eigenvalue weighted by atomic mass is 16.1. The monoisotopic (exact) mass is 238 g/mol. The van der Waals surface area contributed by atoms with E-state index in [9.17, 15) is 4.79 Å². The maximum atomic E-state index is 12.2. The van der Waals surface area contributed by atoms with E-state index in [1.807, 2.05) is 0 Å². The summed E-state index contributed by atoms with van der Waals surface area (Å²) in [5.74, 6) is 1.16. The van der Waals surface area contributed by atoms with E-state index in [4.69, 9.17) is 5.73 Å². The van der Waals surface area contributed by atoms with Crippen molar-refractivity contribution in [3.8, 4) is 0 Å². The molecule has 2 atom stereocenters. The molecule has 0 heterocycles. The molecule has 0 aliphatic heterocycles. The minimum atomic E-state index is 0.226. The van der Waals surface area contributed by atoms with Crippen LogP contribution in [0.1, 0.15) is 58.3 Å². The lowest BCUT2D eigenvalue weighted by atomic mass is 9.83. The summed E-state index contributed by atoms with van der Waals surface area (Å²) in [6.07, 6.45) is 9.01. The van der Waals surface area contributed by atoms with Crippen molar-refractivity contribution in [3.63, 3.8) is 0 Å². The summed E-state index contributed by atoms with van der Waals surface area (Å²) in [5, 5.41) is 3.27. The maximum absolute atomic E-state index is 12.2. The van der Waals surface area contributed by atoms with Gasteiger partial charge in [-0.1, -0.05) is 19.8 Å². The first-order valence-corrected chi connectivity index (χ1v) is 7.22. The largest absolute Gasteiger partial charge is 0.353 e. The molecule has 0 spiro atoms. The third-order valence-electron chi connectivity index (χ3n) is 4.58. The minimum Gasteiger partial charge on any atom is -0.353 e. The first-order chi connectivity index (χ1) is 8.16. The summed E-state index contributed by atoms with van der Waals surface area (Å²) >= 11 is 0. The average Bonchev–Trinajstić information content (AvgIpc) is 2.33. The summed E-state index contributed by atoms with van der Waals surface area (Å²) in [6.45, 7) is 2.26. The van der Waals surface area contributed by atoms with Gasteiger partial charge in [0, 0.05) is 18.0 Å². The predicted octanol–water partition coefficient (Wildman–Crippen LogP) is 2.20. The molecular weight excluding hydrogens is 212 g/mol. The van der Waals surface area contributed by atoms with E-state index in [0.29, 0.717) is 18.0 Å². The Bertz CT molecular complexity index is 259. The molecule has 3 nitrogen and oxygen atoms in total. The standard InChI is InChI=1S/C14H26N2O/c1-10-4-2-3-5-13(10)16-14(17)11-6-8-12(15)9-7-11/h10-13H,2-9,15H2,1H3,(H,16,17). The minimum absolute atomic E-state index is 0.226. The average molecular weight is 238 g/mol. The zero-order valence-electron chi connectivity index (χ0n) is 11.0. The highest BCUT2D eigenvalue weighted by Gasteiger charge is 2.28. The van der Waals surface area contributed by atoms with Crippen molar-refractivity contribution in [2.75, 3.05) is 0 Å². The molecule has 0 saturated heterocycles. The molecule has 1 amide bonds. The van der Waals surface area contributed by atoms with Crippen LogP contribution in [0.15, 0.2) is 0 Å². The highest BCUT2D eigenvalue weighted by molar-refractivity contribution is 5.79. The lowest BCUT2D eigenvalue weighted by molar-refractivity contribution is -0.127. The predicted molar refractivity (Wildman–Crippen MR) is 69.5 cm³/mol. The second-order valence-corrected chi connectivity index (χ2v) is 5.99. The zero-order valence-corrected chi connectivity index (χ0v) is 11.0. The molecule has 0 aromatic rings. The molecule has 0 aromatic heterocycles. The molecule has 98 valence electrons. The van der Waals surface area contributed by atoms with Crippen LogP contribution in [0.4, 0.5) is 0 Å². The van der Waals surface area contributed by atoms with Crippen LogP contribution in [0.2, 0.25) is 0 Å². The van der Waals surface area contributed by atoms with E-state index < -0.39 is 0 Å². The number of rotatable bonds is 2. The fraction of sp³-hybridized carbons (Fsp3) is 0.929. The van der Waals surface area contributed by atoms with Gasteiger partial charge in [0.25, 0.3) is 0 Å². The zero-order chi connectivity index (χ0) is 12.3. The fourth-order valence-corrected chi connectivity index (χ4v) is 3.21. The second-order valence-electron chi connectivity index (χ2n) is 5.99. The number of amides is 1. The first-order valence-electron chi connectivity index (χ1n) is 7.22. The lowest BCUT2D eigenvalue weighted by Crippen LogP contribution is -2.45. The molecule has 17 heavy (non-hydrogen) atoms. The Morgan fingerprint density at radius 1 is 1.06 bits per heavy atom. The molecule has 0 radical (unpaired) electrons. The molecule has 2 rings (SSSR count). The fourth-order valence-electron chi connectivity index (χ4n) is 3.21. The number of hydrogen-bond donors (Lipinski definition) is 2. The van der Waals surface area contributed by atoms with Gasteiger partial charge < -0.3 is 11.1 Å². The Labute approximate surface area is 105 Å². The van der Waals surface area contributed by atoms with E-state index in [-0.39, 0.29) is 11.8 Å². The van der Waals surface area contributed by atoms with Crippen LogP contribution < -0.4 is 11.1 Å². The Morgan fingerprint density at radius 3 is 2.35 bits per heavy atom. The lowest BCUT2D eigenvalue weighted by Gasteiger charge is -2.32. The van der Waals surface area contributed by atoms with Crippen LogP contribution >= 0.6 is 0 Å². The van der Waals surface area contributed by atoms with Crippen molar-refractivity contribution in [3.05, 3.63) is 0 Å². The number of hydrogen-bond acceptors (Lipinski definition) is 2. The van der Waals surface area contributed by atoms with Gasteiger partial charge >= 0.3 is 0 Å². The summed E-state index contributed by atoms with van der Waals surface area (Å²) in [5.41, 5.74) is 5.87. The van der Waals surface area contributed by atoms with Crippen molar-refractivity contribution in [2.45, 2.75) is 70.4 Å². The van der Waals surface area contributed by atoms with Gasteiger partial charge in [0.05, 0.1) is 0 Å². The smallest absolute Gasteiger partial charge is 0.223 e. The normalized spacial score (nSPS) is 38.7. The van der Waals surface area contributed by atoms with E-state index in [0.717, 1.165) is 25.7 Å². The first kappa shape index (κ1) is 12.9. The molecule has 2 fully saturated rings. The van der Waals surface area contributed by atoms with Gasteiger partial charge in [0.2, 0.25) is 5.91 Å². The van der Waals surface area contributed by atoms with Gasteiger partial charge in [-0.2, -0.15) is 0 Å². The van der Waals surface area contributed by atoms with Gasteiger partial charge in [-0.05, 0) is 44.4 Å². The van der Waals surface area contributed by atoms with Crippen LogP contribution in [-0.2, 0) is 4.79 Å². The Morgan fingerprint density at radius 2 is 1.71 bits per heavy atom. The van der Waals surface area contributed by atoms with Crippen molar-refractivity contribution in [2.24, 2.45) is 17.6 Å². The molecular formula is C14H26N2O. The van der Waals surface area contributed by atoms with E-state index in [1.54, 1.807) is 0 Å². The second kappa shape index (κ2) is 5.85. The van der Waals surface area contributed by atoms with Crippen LogP contribution in [0.25, 0.3) is 0 Å². The summed E-state index contributed by atoms with van der Waals surface area (Å²) < 4.78 is 0. The van der Waals surface area contributed by atoms with E-state index in [2.05, 4.69) is 12.2 Å². The number of nitrogens with one attached hydrogen (secondary N) is 1. The summed E-state index contributed by atoms with van der Waals surface area (Å²) in [6, 6.07) is 0.750. The molecule has 2 aliphatic rings. The van der Waals surface area contributed by atoms with E-state index >= 15 is 0 Å². The highest BCUT2D eigenvalue weighted by Crippen LogP contribution is 2.26. The van der Waals surface area contributed by atoms with Gasteiger partial charge in [-0.25, -0.2) is 0 Å². The summed E-state index contributed by atoms with van der Waals surface area (Å²) in [4.78, 5) is 12.2. The quantitative estimate of drug-likeness (QED) is 0.775. The molecule has 2 aliphatic carbocycles. The van der Waals surface area contributed by atoms with Crippen molar-refractivity contribution >= 4 is 5.91 Å². The van der Waals surface area contributed by atoms with Crippen LogP contribution in [0.5, 0.6) is 0 Å². The van der Waals surface area contributed by atoms with Crippen molar-refractivity contribution in [1.82, 2.24) is 5.32 Å².